The van der Waals surface area contributed by atoms with Crippen molar-refractivity contribution >= 4 is 5.96 Å². The van der Waals surface area contributed by atoms with E-state index >= 15 is 0 Å². The minimum absolute atomic E-state index is 0.0746. The molecule has 2 heterocycles. The normalized spacial score (nSPS) is 18.4. The number of nitrogens with one attached hydrogen (secondary N) is 1. The van der Waals surface area contributed by atoms with Crippen LogP contribution < -0.4 is 5.32 Å². The highest BCUT2D eigenvalue weighted by Gasteiger charge is 2.22. The molecule has 1 fully saturated rings. The van der Waals surface area contributed by atoms with Crippen LogP contribution in [-0.2, 0) is 16.0 Å². The first kappa shape index (κ1) is 17.5. The van der Waals surface area contributed by atoms with Gasteiger partial charge in [-0.25, -0.2) is 0 Å². The van der Waals surface area contributed by atoms with E-state index in [1.54, 1.807) is 14.2 Å². The van der Waals surface area contributed by atoms with E-state index in [9.17, 15) is 0 Å². The monoisotopic (exact) mass is 343 g/mol. The third-order valence-electron chi connectivity index (χ3n) is 4.14. The number of furan rings is 1. The van der Waals surface area contributed by atoms with E-state index in [1.807, 2.05) is 42.5 Å². The molecular formula is C19H25N3O3. The average Bonchev–Trinajstić information content (AvgIpc) is 3.13. The Morgan fingerprint density at radius 1 is 1.28 bits per heavy atom. The molecular weight excluding hydrogens is 318 g/mol. The molecule has 1 aromatic heterocycles. The van der Waals surface area contributed by atoms with Gasteiger partial charge in [0.2, 0.25) is 0 Å². The minimum atomic E-state index is 0.0746. The van der Waals surface area contributed by atoms with E-state index < -0.39 is 0 Å². The van der Waals surface area contributed by atoms with Gasteiger partial charge >= 0.3 is 0 Å². The van der Waals surface area contributed by atoms with E-state index in [2.05, 4.69) is 15.2 Å². The number of morpholine rings is 1. The zero-order valence-corrected chi connectivity index (χ0v) is 14.8. The zero-order chi connectivity index (χ0) is 17.5. The number of rotatable bonds is 5. The van der Waals surface area contributed by atoms with Gasteiger partial charge in [-0.05, 0) is 12.1 Å². The molecule has 1 N–H and O–H groups in total. The van der Waals surface area contributed by atoms with Crippen molar-refractivity contribution in [2.75, 3.05) is 40.5 Å². The quantitative estimate of drug-likeness (QED) is 0.667. The topological polar surface area (TPSA) is 59.2 Å². The van der Waals surface area contributed by atoms with Gasteiger partial charge < -0.3 is 24.1 Å². The third-order valence-corrected chi connectivity index (χ3v) is 4.14. The third kappa shape index (κ3) is 4.61. The Morgan fingerprint density at radius 3 is 2.88 bits per heavy atom. The molecule has 1 aliphatic rings. The Kier molecular flexibility index (Phi) is 6.09. The predicted octanol–water partition coefficient (Wildman–Crippen LogP) is 2.37. The number of hydrogen-bond acceptors (Lipinski definition) is 4. The molecule has 1 atom stereocenters. The van der Waals surface area contributed by atoms with Gasteiger partial charge in [0.15, 0.2) is 5.96 Å². The Labute approximate surface area is 148 Å². The molecule has 1 unspecified atom stereocenters. The van der Waals surface area contributed by atoms with E-state index in [-0.39, 0.29) is 6.10 Å². The number of nitrogens with zero attached hydrogens (tertiary/aromatic N) is 2. The Bertz CT molecular complexity index is 682. The van der Waals surface area contributed by atoms with Gasteiger partial charge in [0.1, 0.15) is 11.5 Å². The second-order valence-electron chi connectivity index (χ2n) is 5.93. The number of guanidine groups is 1. The van der Waals surface area contributed by atoms with Crippen LogP contribution in [0.3, 0.4) is 0 Å². The SMILES string of the molecule is CN=C(NCc1ccc(-c2ccccc2)o1)N1CCOC(COC)C1. The second kappa shape index (κ2) is 8.69. The van der Waals surface area contributed by atoms with Crippen molar-refractivity contribution in [2.24, 2.45) is 4.99 Å². The van der Waals surface area contributed by atoms with Gasteiger partial charge in [0.25, 0.3) is 0 Å². The maximum Gasteiger partial charge on any atom is 0.194 e. The summed E-state index contributed by atoms with van der Waals surface area (Å²) in [6.45, 7) is 3.43. The Hall–Kier alpha value is -2.31. The van der Waals surface area contributed by atoms with Crippen LogP contribution >= 0.6 is 0 Å². The summed E-state index contributed by atoms with van der Waals surface area (Å²) in [4.78, 5) is 6.57. The fraction of sp³-hybridized carbons (Fsp3) is 0.421. The summed E-state index contributed by atoms with van der Waals surface area (Å²) < 4.78 is 16.8. The van der Waals surface area contributed by atoms with Gasteiger partial charge in [-0.3, -0.25) is 4.99 Å². The van der Waals surface area contributed by atoms with Gasteiger partial charge in [-0.2, -0.15) is 0 Å². The van der Waals surface area contributed by atoms with Crippen molar-refractivity contribution in [3.05, 3.63) is 48.2 Å². The fourth-order valence-electron chi connectivity index (χ4n) is 2.93. The van der Waals surface area contributed by atoms with Gasteiger partial charge in [0, 0.05) is 32.8 Å². The van der Waals surface area contributed by atoms with Crippen molar-refractivity contribution in [2.45, 2.75) is 12.6 Å². The summed E-state index contributed by atoms with van der Waals surface area (Å²) in [7, 11) is 3.48. The summed E-state index contributed by atoms with van der Waals surface area (Å²) >= 11 is 0. The standard InChI is InChI=1S/C19H25N3O3/c1-20-19(22-10-11-24-17(13-22)14-23-2)21-12-16-8-9-18(25-16)15-6-4-3-5-7-15/h3-9,17H,10-14H2,1-2H3,(H,20,21). The molecule has 0 spiro atoms. The number of hydrogen-bond donors (Lipinski definition) is 1. The smallest absolute Gasteiger partial charge is 0.194 e. The number of ether oxygens (including phenoxy) is 2. The highest BCUT2D eigenvalue weighted by Crippen LogP contribution is 2.21. The highest BCUT2D eigenvalue weighted by molar-refractivity contribution is 5.80. The molecule has 6 nitrogen and oxygen atoms in total. The lowest BCUT2D eigenvalue weighted by atomic mass is 10.2. The van der Waals surface area contributed by atoms with E-state index in [1.165, 1.54) is 0 Å². The Morgan fingerprint density at radius 2 is 2.12 bits per heavy atom. The average molecular weight is 343 g/mol. The molecule has 1 saturated heterocycles. The summed E-state index contributed by atoms with van der Waals surface area (Å²) in [5.74, 6) is 2.60. The molecule has 0 radical (unpaired) electrons. The molecule has 1 aromatic carbocycles. The molecule has 3 rings (SSSR count). The van der Waals surface area contributed by atoms with Crippen molar-refractivity contribution in [1.29, 1.82) is 0 Å². The van der Waals surface area contributed by atoms with E-state index in [0.29, 0.717) is 19.8 Å². The lowest BCUT2D eigenvalue weighted by Gasteiger charge is -2.34. The predicted molar refractivity (Wildman–Crippen MR) is 97.5 cm³/mol. The fourth-order valence-corrected chi connectivity index (χ4v) is 2.93. The van der Waals surface area contributed by atoms with Crippen LogP contribution in [0.2, 0.25) is 0 Å². The molecule has 0 amide bonds. The molecule has 0 aliphatic carbocycles. The lowest BCUT2D eigenvalue weighted by molar-refractivity contribution is -0.0447. The van der Waals surface area contributed by atoms with Crippen LogP contribution in [0, 0.1) is 0 Å². The summed E-state index contributed by atoms with van der Waals surface area (Å²) in [5, 5.41) is 3.37. The minimum Gasteiger partial charge on any atom is -0.459 e. The highest BCUT2D eigenvalue weighted by atomic mass is 16.5. The van der Waals surface area contributed by atoms with Gasteiger partial charge in [0.05, 0.1) is 25.9 Å². The van der Waals surface area contributed by atoms with E-state index in [4.69, 9.17) is 13.9 Å². The van der Waals surface area contributed by atoms with Crippen LogP contribution in [0.5, 0.6) is 0 Å². The number of benzene rings is 1. The Balaban J connectivity index is 1.57. The molecule has 0 saturated carbocycles. The number of methoxy groups -OCH3 is 1. The maximum atomic E-state index is 5.93. The molecule has 134 valence electrons. The van der Waals surface area contributed by atoms with Gasteiger partial charge in [-0.15, -0.1) is 0 Å². The van der Waals surface area contributed by atoms with Crippen LogP contribution in [0.1, 0.15) is 5.76 Å². The van der Waals surface area contributed by atoms with Crippen molar-refractivity contribution < 1.29 is 13.9 Å². The summed E-state index contributed by atoms with van der Waals surface area (Å²) in [6, 6.07) is 14.1. The van der Waals surface area contributed by atoms with Gasteiger partial charge in [-0.1, -0.05) is 30.3 Å². The van der Waals surface area contributed by atoms with Crippen LogP contribution in [0.25, 0.3) is 11.3 Å². The van der Waals surface area contributed by atoms with E-state index in [0.717, 1.165) is 36.1 Å². The van der Waals surface area contributed by atoms with Crippen LogP contribution in [0.4, 0.5) is 0 Å². The van der Waals surface area contributed by atoms with Crippen molar-refractivity contribution in [3.8, 4) is 11.3 Å². The molecule has 0 bridgehead atoms. The zero-order valence-electron chi connectivity index (χ0n) is 14.8. The summed E-state index contributed by atoms with van der Waals surface area (Å²) in [5.41, 5.74) is 1.08. The molecule has 6 heteroatoms. The maximum absolute atomic E-state index is 5.93. The first-order valence-electron chi connectivity index (χ1n) is 8.50. The first-order valence-corrected chi connectivity index (χ1v) is 8.50. The van der Waals surface area contributed by atoms with Crippen molar-refractivity contribution in [1.82, 2.24) is 10.2 Å². The van der Waals surface area contributed by atoms with Crippen LogP contribution in [-0.4, -0.2) is 57.4 Å². The lowest BCUT2D eigenvalue weighted by Crippen LogP contribution is -2.51. The largest absolute Gasteiger partial charge is 0.459 e. The van der Waals surface area contributed by atoms with Crippen molar-refractivity contribution in [3.63, 3.8) is 0 Å². The summed E-state index contributed by atoms with van der Waals surface area (Å²) in [6.07, 6.45) is 0.0746. The second-order valence-corrected chi connectivity index (χ2v) is 5.93. The first-order chi connectivity index (χ1) is 12.3. The molecule has 1 aliphatic heterocycles. The van der Waals surface area contributed by atoms with Crippen LogP contribution in [0.15, 0.2) is 51.9 Å². The molecule has 2 aromatic rings. The molecule has 25 heavy (non-hydrogen) atoms. The number of aliphatic imine (C=N–C) groups is 1.